The van der Waals surface area contributed by atoms with Crippen LogP contribution in [0.4, 0.5) is 17.1 Å². The molecule has 0 saturated heterocycles. The minimum absolute atomic E-state index is 0.120. The van der Waals surface area contributed by atoms with Gasteiger partial charge in [0, 0.05) is 16.8 Å². The molecular formula is C54H37N. The molecular weight excluding hydrogens is 663 g/mol. The van der Waals surface area contributed by atoms with E-state index in [1.165, 1.54) is 0 Å². The third-order valence-corrected chi connectivity index (χ3v) is 9.72. The van der Waals surface area contributed by atoms with Crippen LogP contribution < -0.4 is 4.90 Å². The van der Waals surface area contributed by atoms with E-state index in [0.29, 0.717) is 16.7 Å². The van der Waals surface area contributed by atoms with Crippen LogP contribution in [0, 0.1) is 0 Å². The maximum absolute atomic E-state index is 9.76. The Kier molecular flexibility index (Phi) is 5.15. The lowest BCUT2D eigenvalue weighted by atomic mass is 9.90. The van der Waals surface area contributed by atoms with Gasteiger partial charge in [-0.15, -0.1) is 0 Å². The highest BCUT2D eigenvalue weighted by atomic mass is 15.1. The average Bonchev–Trinajstić information content (AvgIpc) is 3.37. The zero-order chi connectivity index (χ0) is 49.6. The first kappa shape index (κ1) is 20.3. The standard InChI is InChI=1S/C54H37N/c1-2-15-45(16-3-1)54-51-21-9-6-14-42(51)32-37-52(54)44-30-35-47(36-31-44)55(53-23-11-18-41-13-5-8-20-50(41)53)46-33-28-39(29-34-46)38-24-26-43(27-25-38)49-22-10-17-40-12-4-7-19-48(40)49/h1-37H/i5D,8D,11D,13D,18D,20D,23D,28D,29D,30D,31D,33D,34D,35D,36D. The molecule has 0 aliphatic carbocycles. The van der Waals surface area contributed by atoms with E-state index in [-0.39, 0.29) is 11.1 Å². The number of rotatable bonds is 7. The Morgan fingerprint density at radius 1 is 0.309 bits per heavy atom. The molecule has 1 heteroatoms. The van der Waals surface area contributed by atoms with Crippen molar-refractivity contribution >= 4 is 49.4 Å². The number of anilines is 3. The molecule has 0 heterocycles. The zero-order valence-electron chi connectivity index (χ0n) is 44.1. The molecule has 0 spiro atoms. The second kappa shape index (κ2) is 14.0. The third-order valence-electron chi connectivity index (χ3n) is 9.72. The minimum Gasteiger partial charge on any atom is -0.310 e. The second-order valence-electron chi connectivity index (χ2n) is 12.9. The maximum Gasteiger partial charge on any atom is 0.0645 e. The van der Waals surface area contributed by atoms with Crippen molar-refractivity contribution in [1.82, 2.24) is 0 Å². The third kappa shape index (κ3) is 6.02. The van der Waals surface area contributed by atoms with Gasteiger partial charge < -0.3 is 4.90 Å². The largest absolute Gasteiger partial charge is 0.310 e. The Bertz CT molecular complexity index is 3770. The lowest BCUT2D eigenvalue weighted by molar-refractivity contribution is 1.30. The van der Waals surface area contributed by atoms with Crippen molar-refractivity contribution in [2.75, 3.05) is 4.90 Å². The van der Waals surface area contributed by atoms with Gasteiger partial charge in [-0.1, -0.05) is 194 Å². The van der Waals surface area contributed by atoms with Gasteiger partial charge in [0.05, 0.1) is 26.2 Å². The van der Waals surface area contributed by atoms with E-state index in [0.717, 1.165) is 43.1 Å². The number of nitrogens with zero attached hydrogens (tertiary/aromatic N) is 1. The first-order valence-corrected chi connectivity index (χ1v) is 17.7. The van der Waals surface area contributed by atoms with Gasteiger partial charge in [-0.25, -0.2) is 0 Å². The average molecular weight is 715 g/mol. The van der Waals surface area contributed by atoms with Crippen molar-refractivity contribution in [3.8, 4) is 44.5 Å². The molecule has 10 aromatic carbocycles. The topological polar surface area (TPSA) is 3.24 Å². The molecule has 0 atom stereocenters. The van der Waals surface area contributed by atoms with Crippen molar-refractivity contribution < 1.29 is 20.6 Å². The number of fused-ring (bicyclic) bond motifs is 3. The van der Waals surface area contributed by atoms with Crippen LogP contribution in [0.25, 0.3) is 76.8 Å². The fourth-order valence-corrected chi connectivity index (χ4v) is 7.11. The molecule has 0 radical (unpaired) electrons. The SMILES string of the molecule is [2H]c1c([2H])c(N(c2c([2H])c([2H])c(-c3ccc4ccccc4c3-c3ccccc3)c([2H])c2[2H])c2c([2H])c([2H])c([2H])c3c([2H])c([2H])c([2H])c([2H])c23)c([2H])c([2H])c1-c1ccc(-c2cccc3ccccc23)cc1. The smallest absolute Gasteiger partial charge is 0.0645 e. The molecule has 1 nitrogen and oxygen atoms in total. The molecule has 55 heavy (non-hydrogen) atoms. The summed E-state index contributed by atoms with van der Waals surface area (Å²) in [5, 5.41) is 2.59. The monoisotopic (exact) mass is 714 g/mol. The molecule has 0 bridgehead atoms. The van der Waals surface area contributed by atoms with Crippen LogP contribution in [-0.4, -0.2) is 0 Å². The van der Waals surface area contributed by atoms with E-state index in [4.69, 9.17) is 8.22 Å². The Hall–Kier alpha value is -7.22. The minimum atomic E-state index is -0.866. The van der Waals surface area contributed by atoms with Crippen molar-refractivity contribution in [2.45, 2.75) is 0 Å². The summed E-state index contributed by atoms with van der Waals surface area (Å²) >= 11 is 0. The van der Waals surface area contributed by atoms with Crippen LogP contribution in [0.1, 0.15) is 20.6 Å². The number of hydrogen-bond donors (Lipinski definition) is 0. The van der Waals surface area contributed by atoms with Gasteiger partial charge in [0.15, 0.2) is 0 Å². The van der Waals surface area contributed by atoms with Crippen LogP contribution in [-0.2, 0) is 0 Å². The number of benzene rings is 10. The molecule has 0 N–H and O–H groups in total. The van der Waals surface area contributed by atoms with Crippen molar-refractivity contribution in [2.24, 2.45) is 0 Å². The summed E-state index contributed by atoms with van der Waals surface area (Å²) in [7, 11) is 0. The summed E-state index contributed by atoms with van der Waals surface area (Å²) in [4.78, 5) is 0.778. The van der Waals surface area contributed by atoms with E-state index in [2.05, 4.69) is 0 Å². The maximum atomic E-state index is 9.76. The highest BCUT2D eigenvalue weighted by molar-refractivity contribution is 6.05. The highest BCUT2D eigenvalue weighted by Crippen LogP contribution is 2.42. The van der Waals surface area contributed by atoms with Gasteiger partial charge in [0.25, 0.3) is 0 Å². The summed E-state index contributed by atoms with van der Waals surface area (Å²) in [6.45, 7) is 0. The van der Waals surface area contributed by atoms with Gasteiger partial charge in [0.2, 0.25) is 0 Å². The van der Waals surface area contributed by atoms with Gasteiger partial charge in [-0.2, -0.15) is 0 Å². The lowest BCUT2D eigenvalue weighted by Crippen LogP contribution is -2.10. The molecule has 0 aromatic heterocycles. The second-order valence-corrected chi connectivity index (χ2v) is 12.9. The molecule has 0 saturated carbocycles. The van der Waals surface area contributed by atoms with E-state index in [1.54, 1.807) is 36.4 Å². The van der Waals surface area contributed by atoms with Crippen molar-refractivity contribution in [1.29, 1.82) is 0 Å². The Labute approximate surface area is 343 Å². The Balaban J connectivity index is 1.27. The summed E-state index contributed by atoms with van der Waals surface area (Å²) in [5.41, 5.74) is 1.47. The van der Waals surface area contributed by atoms with E-state index in [9.17, 15) is 12.3 Å². The van der Waals surface area contributed by atoms with Gasteiger partial charge in [-0.3, -0.25) is 0 Å². The highest BCUT2D eigenvalue weighted by Gasteiger charge is 2.17. The predicted molar refractivity (Wildman–Crippen MR) is 235 cm³/mol. The van der Waals surface area contributed by atoms with Gasteiger partial charge in [-0.05, 0) is 102 Å². The summed E-state index contributed by atoms with van der Waals surface area (Å²) in [6.07, 6.45) is 0. The molecule has 10 aromatic rings. The summed E-state index contributed by atoms with van der Waals surface area (Å²) < 4.78 is 139. The first-order chi connectivity index (χ1) is 33.5. The molecule has 0 amide bonds. The molecule has 0 unspecified atom stereocenters. The quantitative estimate of drug-likeness (QED) is 0.159. The van der Waals surface area contributed by atoms with E-state index >= 15 is 0 Å². The van der Waals surface area contributed by atoms with Gasteiger partial charge in [0.1, 0.15) is 0 Å². The predicted octanol–water partition coefficient (Wildman–Crippen LogP) is 15.3. The molecule has 0 aliphatic heterocycles. The van der Waals surface area contributed by atoms with E-state index < -0.39 is 118 Å². The Morgan fingerprint density at radius 2 is 0.909 bits per heavy atom. The van der Waals surface area contributed by atoms with Crippen LogP contribution in [0.3, 0.4) is 0 Å². The van der Waals surface area contributed by atoms with Crippen LogP contribution in [0.15, 0.2) is 224 Å². The summed E-state index contributed by atoms with van der Waals surface area (Å²) in [6, 6.07) is 30.1. The summed E-state index contributed by atoms with van der Waals surface area (Å²) in [5.74, 6) is 0. The van der Waals surface area contributed by atoms with Crippen molar-refractivity contribution in [3.63, 3.8) is 0 Å². The number of hydrogen-bond acceptors (Lipinski definition) is 1. The van der Waals surface area contributed by atoms with E-state index in [1.807, 2.05) is 97.1 Å². The van der Waals surface area contributed by atoms with Crippen LogP contribution in [0.5, 0.6) is 0 Å². The fraction of sp³-hybridized carbons (Fsp3) is 0. The van der Waals surface area contributed by atoms with Crippen molar-refractivity contribution in [3.05, 3.63) is 224 Å². The molecule has 258 valence electrons. The normalized spacial score (nSPS) is 15.1. The zero-order valence-corrected chi connectivity index (χ0v) is 29.1. The lowest BCUT2D eigenvalue weighted by Gasteiger charge is -2.27. The first-order valence-electron chi connectivity index (χ1n) is 25.2. The molecule has 0 fully saturated rings. The molecule has 0 aliphatic rings. The fourth-order valence-electron chi connectivity index (χ4n) is 7.11. The molecule has 10 rings (SSSR count). The van der Waals surface area contributed by atoms with Crippen LogP contribution in [0.2, 0.25) is 0 Å². The van der Waals surface area contributed by atoms with Crippen LogP contribution >= 0.6 is 0 Å². The Morgan fingerprint density at radius 3 is 1.67 bits per heavy atom. The van der Waals surface area contributed by atoms with Gasteiger partial charge >= 0.3 is 0 Å².